The minimum atomic E-state index is -3.76. The number of nitrogens with one attached hydrogen (secondary N) is 1. The Labute approximate surface area is 156 Å². The topological polar surface area (TPSA) is 67.8 Å². The molecule has 0 aliphatic carbocycles. The molecular formula is C21H15N3O2S. The Morgan fingerprint density at radius 3 is 2.48 bits per heavy atom. The van der Waals surface area contributed by atoms with Crippen molar-refractivity contribution in [1.29, 1.82) is 0 Å². The zero-order valence-electron chi connectivity index (χ0n) is 14.2. The maximum Gasteiger partial charge on any atom is 0.268 e. The fourth-order valence-electron chi connectivity index (χ4n) is 3.37. The van der Waals surface area contributed by atoms with Gasteiger partial charge in [-0.2, -0.15) is 0 Å². The van der Waals surface area contributed by atoms with Gasteiger partial charge in [-0.05, 0) is 36.4 Å². The first-order valence-electron chi connectivity index (χ1n) is 8.49. The van der Waals surface area contributed by atoms with Gasteiger partial charge in [-0.3, -0.25) is 0 Å². The summed E-state index contributed by atoms with van der Waals surface area (Å²) in [6.07, 6.45) is 3.52. The summed E-state index contributed by atoms with van der Waals surface area (Å²) < 4.78 is 28.3. The number of fused-ring (bicyclic) bond motifs is 2. The molecule has 5 rings (SSSR count). The van der Waals surface area contributed by atoms with Gasteiger partial charge in [0.05, 0.1) is 16.1 Å². The molecule has 5 nitrogen and oxygen atoms in total. The highest BCUT2D eigenvalue weighted by molar-refractivity contribution is 7.90. The molecule has 0 saturated heterocycles. The molecule has 132 valence electrons. The van der Waals surface area contributed by atoms with Crippen LogP contribution in [0.5, 0.6) is 0 Å². The molecule has 0 spiro atoms. The van der Waals surface area contributed by atoms with Crippen LogP contribution in [-0.4, -0.2) is 22.4 Å². The second kappa shape index (κ2) is 5.82. The SMILES string of the molecule is O=S(=O)(c1ccccc1)n1c(-c2cnc3[nH]ccc3c2)cc2ccccc21. The molecule has 0 aliphatic rings. The number of H-pyrrole nitrogens is 1. The Kier molecular flexibility index (Phi) is 3.42. The summed E-state index contributed by atoms with van der Waals surface area (Å²) in [6.45, 7) is 0. The average molecular weight is 373 g/mol. The lowest BCUT2D eigenvalue weighted by Gasteiger charge is -2.12. The Balaban J connectivity index is 1.84. The molecule has 0 amide bonds. The highest BCUT2D eigenvalue weighted by Crippen LogP contribution is 2.32. The summed E-state index contributed by atoms with van der Waals surface area (Å²) in [5.74, 6) is 0. The molecule has 0 saturated carbocycles. The number of hydrogen-bond acceptors (Lipinski definition) is 3. The Bertz CT molecular complexity index is 1380. The molecule has 0 aliphatic heterocycles. The number of benzene rings is 2. The molecule has 2 aromatic carbocycles. The predicted octanol–water partition coefficient (Wildman–Crippen LogP) is 4.42. The van der Waals surface area contributed by atoms with Crippen LogP contribution >= 0.6 is 0 Å². The molecule has 0 bridgehead atoms. The molecule has 3 aromatic heterocycles. The number of hydrogen-bond donors (Lipinski definition) is 1. The quantitative estimate of drug-likeness (QED) is 0.509. The second-order valence-electron chi connectivity index (χ2n) is 6.31. The minimum absolute atomic E-state index is 0.253. The molecule has 27 heavy (non-hydrogen) atoms. The average Bonchev–Trinajstić information content (AvgIpc) is 3.32. The lowest BCUT2D eigenvalue weighted by atomic mass is 10.1. The van der Waals surface area contributed by atoms with Crippen LogP contribution < -0.4 is 0 Å². The normalized spacial score (nSPS) is 12.0. The summed E-state index contributed by atoms with van der Waals surface area (Å²) in [5, 5.41) is 1.79. The summed E-state index contributed by atoms with van der Waals surface area (Å²) in [4.78, 5) is 7.73. The molecule has 5 aromatic rings. The van der Waals surface area contributed by atoms with E-state index >= 15 is 0 Å². The van der Waals surface area contributed by atoms with Crippen LogP contribution in [0.2, 0.25) is 0 Å². The van der Waals surface area contributed by atoms with Gasteiger partial charge in [0.25, 0.3) is 10.0 Å². The molecule has 1 N–H and O–H groups in total. The van der Waals surface area contributed by atoms with E-state index in [4.69, 9.17) is 0 Å². The van der Waals surface area contributed by atoms with Crippen molar-refractivity contribution >= 4 is 32.0 Å². The van der Waals surface area contributed by atoms with E-state index in [1.807, 2.05) is 48.7 Å². The molecule has 0 fully saturated rings. The minimum Gasteiger partial charge on any atom is -0.346 e. The summed E-state index contributed by atoms with van der Waals surface area (Å²) in [6, 6.07) is 21.7. The van der Waals surface area contributed by atoms with Gasteiger partial charge in [0.15, 0.2) is 0 Å². The summed E-state index contributed by atoms with van der Waals surface area (Å²) in [5.41, 5.74) is 2.76. The van der Waals surface area contributed by atoms with Gasteiger partial charge in [0, 0.05) is 28.7 Å². The van der Waals surface area contributed by atoms with E-state index in [2.05, 4.69) is 9.97 Å². The van der Waals surface area contributed by atoms with Crippen LogP contribution in [0.15, 0.2) is 90.1 Å². The van der Waals surface area contributed by atoms with Crippen LogP contribution in [0.4, 0.5) is 0 Å². The van der Waals surface area contributed by atoms with Gasteiger partial charge >= 0.3 is 0 Å². The highest BCUT2D eigenvalue weighted by Gasteiger charge is 2.23. The number of nitrogens with zero attached hydrogens (tertiary/aromatic N) is 2. The van der Waals surface area contributed by atoms with E-state index in [1.54, 1.807) is 36.5 Å². The first-order valence-corrected chi connectivity index (χ1v) is 9.93. The van der Waals surface area contributed by atoms with Gasteiger partial charge in [-0.15, -0.1) is 0 Å². The maximum atomic E-state index is 13.5. The van der Waals surface area contributed by atoms with Crippen molar-refractivity contribution in [2.75, 3.05) is 0 Å². The Morgan fingerprint density at radius 2 is 1.63 bits per heavy atom. The van der Waals surface area contributed by atoms with Gasteiger partial charge in [0.1, 0.15) is 5.65 Å². The lowest BCUT2D eigenvalue weighted by molar-refractivity contribution is 0.589. The molecule has 0 radical (unpaired) electrons. The fourth-order valence-corrected chi connectivity index (χ4v) is 4.92. The second-order valence-corrected chi connectivity index (χ2v) is 8.10. The van der Waals surface area contributed by atoms with E-state index in [1.165, 1.54) is 3.97 Å². The summed E-state index contributed by atoms with van der Waals surface area (Å²) >= 11 is 0. The van der Waals surface area contributed by atoms with E-state index < -0.39 is 10.0 Å². The summed E-state index contributed by atoms with van der Waals surface area (Å²) in [7, 11) is -3.76. The Morgan fingerprint density at radius 1 is 0.852 bits per heavy atom. The highest BCUT2D eigenvalue weighted by atomic mass is 32.2. The zero-order valence-corrected chi connectivity index (χ0v) is 15.0. The largest absolute Gasteiger partial charge is 0.346 e. The molecule has 3 heterocycles. The number of aromatic amines is 1. The van der Waals surface area contributed by atoms with E-state index in [9.17, 15) is 8.42 Å². The van der Waals surface area contributed by atoms with Crippen molar-refractivity contribution in [3.63, 3.8) is 0 Å². The smallest absolute Gasteiger partial charge is 0.268 e. The first kappa shape index (κ1) is 15.8. The number of aromatic nitrogens is 3. The van der Waals surface area contributed by atoms with Crippen molar-refractivity contribution < 1.29 is 8.42 Å². The molecular weight excluding hydrogens is 358 g/mol. The van der Waals surface area contributed by atoms with Gasteiger partial charge in [-0.1, -0.05) is 36.4 Å². The van der Waals surface area contributed by atoms with Crippen molar-refractivity contribution in [2.45, 2.75) is 4.90 Å². The molecule has 6 heteroatoms. The molecule has 0 atom stereocenters. The third-order valence-corrected chi connectivity index (χ3v) is 6.39. The van der Waals surface area contributed by atoms with E-state index in [0.29, 0.717) is 11.2 Å². The van der Waals surface area contributed by atoms with Crippen LogP contribution in [0.25, 0.3) is 33.2 Å². The van der Waals surface area contributed by atoms with E-state index in [-0.39, 0.29) is 4.90 Å². The van der Waals surface area contributed by atoms with Crippen LogP contribution in [0, 0.1) is 0 Å². The third kappa shape index (κ3) is 2.45. The Hall–Kier alpha value is -3.38. The standard InChI is InChI=1S/C21H15N3O2S/c25-27(26,18-7-2-1-3-8-18)24-19-9-5-4-6-15(19)13-20(24)17-12-16-10-11-22-21(16)23-14-17/h1-14H,(H,22,23). The van der Waals surface area contributed by atoms with Crippen molar-refractivity contribution in [2.24, 2.45) is 0 Å². The van der Waals surface area contributed by atoms with Gasteiger partial charge in [-0.25, -0.2) is 17.4 Å². The lowest BCUT2D eigenvalue weighted by Crippen LogP contribution is -2.14. The van der Waals surface area contributed by atoms with Crippen LogP contribution in [0.1, 0.15) is 0 Å². The van der Waals surface area contributed by atoms with Crippen molar-refractivity contribution in [3.05, 3.63) is 85.2 Å². The van der Waals surface area contributed by atoms with Crippen LogP contribution in [0.3, 0.4) is 0 Å². The van der Waals surface area contributed by atoms with Crippen molar-refractivity contribution in [1.82, 2.24) is 13.9 Å². The number of rotatable bonds is 3. The third-order valence-electron chi connectivity index (χ3n) is 4.64. The van der Waals surface area contributed by atoms with Gasteiger partial charge in [0.2, 0.25) is 0 Å². The maximum absolute atomic E-state index is 13.5. The van der Waals surface area contributed by atoms with Crippen molar-refractivity contribution in [3.8, 4) is 11.3 Å². The number of para-hydroxylation sites is 1. The van der Waals surface area contributed by atoms with Crippen LogP contribution in [-0.2, 0) is 10.0 Å². The monoisotopic (exact) mass is 373 g/mol. The van der Waals surface area contributed by atoms with Gasteiger partial charge < -0.3 is 4.98 Å². The predicted molar refractivity (Wildman–Crippen MR) is 106 cm³/mol. The van der Waals surface area contributed by atoms with E-state index in [0.717, 1.165) is 22.0 Å². The number of pyridine rings is 1. The zero-order chi connectivity index (χ0) is 18.4. The fraction of sp³-hybridized carbons (Fsp3) is 0. The first-order chi connectivity index (χ1) is 13.1. The molecule has 0 unspecified atom stereocenters.